The van der Waals surface area contributed by atoms with Gasteiger partial charge in [-0.1, -0.05) is 12.1 Å². The van der Waals surface area contributed by atoms with Gasteiger partial charge in [0.1, 0.15) is 11.6 Å². The second-order valence-corrected chi connectivity index (χ2v) is 8.54. The van der Waals surface area contributed by atoms with E-state index in [1.54, 1.807) is 7.11 Å². The summed E-state index contributed by atoms with van der Waals surface area (Å²) in [7, 11) is 1.64. The summed E-state index contributed by atoms with van der Waals surface area (Å²) in [6, 6.07) is 15.6. The molecule has 0 saturated carbocycles. The number of piperidine rings is 1. The van der Waals surface area contributed by atoms with E-state index < -0.39 is 0 Å². The third-order valence-electron chi connectivity index (χ3n) is 6.11. The lowest BCUT2D eigenvalue weighted by Gasteiger charge is -2.32. The molecule has 1 aliphatic rings. The normalized spacial score (nSPS) is 14.2. The Labute approximate surface area is 194 Å². The molecule has 33 heavy (non-hydrogen) atoms. The van der Waals surface area contributed by atoms with Crippen molar-refractivity contribution in [2.45, 2.75) is 33.2 Å². The molecule has 7 heteroatoms. The van der Waals surface area contributed by atoms with Crippen LogP contribution < -0.4 is 20.3 Å². The number of aromatic nitrogens is 1. The van der Waals surface area contributed by atoms with Gasteiger partial charge in [0.2, 0.25) is 11.8 Å². The van der Waals surface area contributed by atoms with E-state index in [1.165, 1.54) is 6.92 Å². The van der Waals surface area contributed by atoms with E-state index in [4.69, 9.17) is 9.72 Å². The molecular formula is C26H30N4O3. The molecular weight excluding hydrogens is 416 g/mol. The molecule has 7 nitrogen and oxygen atoms in total. The molecule has 4 rings (SSSR count). The van der Waals surface area contributed by atoms with Crippen LogP contribution in [0, 0.1) is 12.8 Å². The van der Waals surface area contributed by atoms with E-state index in [1.807, 2.05) is 42.5 Å². The number of aryl methyl sites for hydroxylation is 1. The fraction of sp³-hybridized carbons (Fsp3) is 0.346. The second kappa shape index (κ2) is 9.90. The van der Waals surface area contributed by atoms with Crippen LogP contribution in [0.3, 0.4) is 0 Å². The van der Waals surface area contributed by atoms with Crippen molar-refractivity contribution >= 4 is 34.2 Å². The van der Waals surface area contributed by atoms with Gasteiger partial charge < -0.3 is 20.3 Å². The highest BCUT2D eigenvalue weighted by molar-refractivity contribution is 5.93. The largest absolute Gasteiger partial charge is 0.497 e. The lowest BCUT2D eigenvalue weighted by atomic mass is 9.95. The molecule has 1 aliphatic heterocycles. The van der Waals surface area contributed by atoms with Crippen molar-refractivity contribution in [1.82, 2.24) is 10.3 Å². The van der Waals surface area contributed by atoms with Crippen molar-refractivity contribution in [2.24, 2.45) is 5.92 Å². The third-order valence-corrected chi connectivity index (χ3v) is 6.11. The van der Waals surface area contributed by atoms with Crippen LogP contribution in [0.5, 0.6) is 5.75 Å². The number of nitrogens with zero attached hydrogens (tertiary/aromatic N) is 2. The first-order valence-electron chi connectivity index (χ1n) is 11.3. The van der Waals surface area contributed by atoms with Crippen LogP contribution in [-0.4, -0.2) is 37.0 Å². The molecule has 1 fully saturated rings. The van der Waals surface area contributed by atoms with Crippen LogP contribution in [-0.2, 0) is 16.1 Å². The zero-order chi connectivity index (χ0) is 23.4. The van der Waals surface area contributed by atoms with Gasteiger partial charge in [0.15, 0.2) is 0 Å². The van der Waals surface area contributed by atoms with Crippen LogP contribution in [0.15, 0.2) is 48.5 Å². The topological polar surface area (TPSA) is 83.6 Å². The fourth-order valence-electron chi connectivity index (χ4n) is 4.31. The average Bonchev–Trinajstić information content (AvgIpc) is 2.82. The van der Waals surface area contributed by atoms with Crippen LogP contribution >= 0.6 is 0 Å². The van der Waals surface area contributed by atoms with E-state index in [-0.39, 0.29) is 17.7 Å². The summed E-state index contributed by atoms with van der Waals surface area (Å²) in [5.74, 6) is 1.74. The van der Waals surface area contributed by atoms with Gasteiger partial charge in [0.05, 0.1) is 12.6 Å². The molecule has 0 atom stereocenters. The lowest BCUT2D eigenvalue weighted by molar-refractivity contribution is -0.125. The Kier molecular flexibility index (Phi) is 6.77. The molecule has 2 amide bonds. The first-order valence-corrected chi connectivity index (χ1v) is 11.3. The number of fused-ring (bicyclic) bond motifs is 1. The van der Waals surface area contributed by atoms with Crippen LogP contribution in [0.25, 0.3) is 10.9 Å². The lowest BCUT2D eigenvalue weighted by Crippen LogP contribution is -2.40. The summed E-state index contributed by atoms with van der Waals surface area (Å²) in [6.45, 7) is 5.64. The first kappa shape index (κ1) is 22.6. The molecule has 3 aromatic rings. The van der Waals surface area contributed by atoms with Crippen molar-refractivity contribution in [3.05, 3.63) is 59.7 Å². The molecule has 2 N–H and O–H groups in total. The number of carbonyl (C=O) groups is 2. The van der Waals surface area contributed by atoms with Crippen LogP contribution in [0.2, 0.25) is 0 Å². The Morgan fingerprint density at radius 2 is 1.91 bits per heavy atom. The standard InChI is InChI=1S/C26H30N4O3/c1-17-13-25(29-24-8-7-21(15-23(17)24)28-18(2)31)30-11-9-20(10-12-30)26(32)27-16-19-5-4-6-22(14-19)33-3/h4-8,13-15,20H,9-12,16H2,1-3H3,(H,27,32)(H,28,31). The van der Waals surface area contributed by atoms with E-state index in [9.17, 15) is 9.59 Å². The van der Waals surface area contributed by atoms with Gasteiger partial charge in [-0.05, 0) is 67.3 Å². The van der Waals surface area contributed by atoms with Gasteiger partial charge in [-0.25, -0.2) is 4.98 Å². The monoisotopic (exact) mass is 446 g/mol. The van der Waals surface area contributed by atoms with Gasteiger partial charge in [0.25, 0.3) is 0 Å². The summed E-state index contributed by atoms with van der Waals surface area (Å²) in [6.07, 6.45) is 1.59. The van der Waals surface area contributed by atoms with Crippen LogP contribution in [0.4, 0.5) is 11.5 Å². The average molecular weight is 447 g/mol. The molecule has 1 aromatic heterocycles. The van der Waals surface area contributed by atoms with E-state index in [2.05, 4.69) is 28.5 Å². The van der Waals surface area contributed by atoms with Gasteiger partial charge in [-0.2, -0.15) is 0 Å². The summed E-state index contributed by atoms with van der Waals surface area (Å²) < 4.78 is 5.25. The van der Waals surface area contributed by atoms with E-state index in [0.29, 0.717) is 6.54 Å². The summed E-state index contributed by atoms with van der Waals surface area (Å²) >= 11 is 0. The number of carbonyl (C=O) groups excluding carboxylic acids is 2. The third kappa shape index (κ3) is 5.42. The number of nitrogens with one attached hydrogen (secondary N) is 2. The highest BCUT2D eigenvalue weighted by Crippen LogP contribution is 2.28. The smallest absolute Gasteiger partial charge is 0.223 e. The molecule has 0 aliphatic carbocycles. The molecule has 172 valence electrons. The minimum atomic E-state index is -0.0908. The maximum absolute atomic E-state index is 12.7. The van der Waals surface area contributed by atoms with Gasteiger partial charge in [-0.15, -0.1) is 0 Å². The maximum atomic E-state index is 12.7. The molecule has 0 spiro atoms. The number of hydrogen-bond acceptors (Lipinski definition) is 5. The summed E-state index contributed by atoms with van der Waals surface area (Å²) in [4.78, 5) is 31.1. The Morgan fingerprint density at radius 3 is 2.64 bits per heavy atom. The van der Waals surface area contributed by atoms with Crippen LogP contribution in [0.1, 0.15) is 30.9 Å². The Balaban J connectivity index is 1.36. The van der Waals surface area contributed by atoms with Crippen molar-refractivity contribution in [1.29, 1.82) is 0 Å². The quantitative estimate of drug-likeness (QED) is 0.597. The minimum absolute atomic E-state index is 0.00799. The van der Waals surface area contributed by atoms with Crippen molar-refractivity contribution in [3.63, 3.8) is 0 Å². The summed E-state index contributed by atoms with van der Waals surface area (Å²) in [5, 5.41) is 6.92. The molecule has 0 bridgehead atoms. The number of ether oxygens (including phenoxy) is 1. The minimum Gasteiger partial charge on any atom is -0.497 e. The highest BCUT2D eigenvalue weighted by atomic mass is 16.5. The van der Waals surface area contributed by atoms with Crippen molar-refractivity contribution in [2.75, 3.05) is 30.4 Å². The molecule has 1 saturated heterocycles. The summed E-state index contributed by atoms with van der Waals surface area (Å²) in [5.41, 5.74) is 3.81. The number of methoxy groups -OCH3 is 1. The van der Waals surface area contributed by atoms with Gasteiger partial charge in [-0.3, -0.25) is 9.59 Å². The number of benzene rings is 2. The molecule has 0 unspecified atom stereocenters. The van der Waals surface area contributed by atoms with E-state index in [0.717, 1.165) is 65.2 Å². The molecule has 2 heterocycles. The number of hydrogen-bond donors (Lipinski definition) is 2. The van der Waals surface area contributed by atoms with Gasteiger partial charge in [0, 0.05) is 43.5 Å². The Bertz CT molecular complexity index is 1170. The zero-order valence-electron chi connectivity index (χ0n) is 19.4. The predicted molar refractivity (Wildman–Crippen MR) is 131 cm³/mol. The van der Waals surface area contributed by atoms with Gasteiger partial charge >= 0.3 is 0 Å². The Morgan fingerprint density at radius 1 is 1.12 bits per heavy atom. The number of pyridine rings is 1. The SMILES string of the molecule is COc1cccc(CNC(=O)C2CCN(c3cc(C)c4cc(NC(C)=O)ccc4n3)CC2)c1. The highest BCUT2D eigenvalue weighted by Gasteiger charge is 2.25. The second-order valence-electron chi connectivity index (χ2n) is 8.54. The van der Waals surface area contributed by atoms with E-state index >= 15 is 0 Å². The Hall–Kier alpha value is -3.61. The van der Waals surface area contributed by atoms with Crippen molar-refractivity contribution < 1.29 is 14.3 Å². The molecule has 2 aromatic carbocycles. The van der Waals surface area contributed by atoms with Crippen molar-refractivity contribution in [3.8, 4) is 5.75 Å². The number of rotatable bonds is 6. The predicted octanol–water partition coefficient (Wildman–Crippen LogP) is 4.04. The molecule has 0 radical (unpaired) electrons. The number of anilines is 2. The first-order chi connectivity index (χ1) is 15.9. The maximum Gasteiger partial charge on any atom is 0.223 e. The fourth-order valence-corrected chi connectivity index (χ4v) is 4.31. The zero-order valence-corrected chi connectivity index (χ0v) is 19.4. The number of amides is 2.